The molecule has 5 saturated carbocycles. The van der Waals surface area contributed by atoms with Gasteiger partial charge in [-0.05, 0) is 87.9 Å². The Morgan fingerprint density at radius 3 is 2.33 bits per heavy atom. The van der Waals surface area contributed by atoms with Gasteiger partial charge in [0.15, 0.2) is 5.69 Å². The molecule has 5 heteroatoms. The molecule has 1 unspecified atom stereocenters. The Morgan fingerprint density at radius 2 is 1.67 bits per heavy atom. The summed E-state index contributed by atoms with van der Waals surface area (Å²) in [7, 11) is 1.81. The van der Waals surface area contributed by atoms with E-state index in [1.165, 1.54) is 75.5 Å². The molecule has 0 spiro atoms. The molecule has 164 valence electrons. The smallest absolute Gasteiger partial charge is 0.272 e. The zero-order valence-electron chi connectivity index (χ0n) is 18.4. The van der Waals surface area contributed by atoms with Crippen LogP contribution in [0.4, 0.5) is 0 Å². The molecule has 0 saturated heterocycles. The summed E-state index contributed by atoms with van der Waals surface area (Å²) in [5.74, 6) is 3.36. The van der Waals surface area contributed by atoms with E-state index in [0.29, 0.717) is 29.6 Å². The first-order valence-corrected chi connectivity index (χ1v) is 12.7. The van der Waals surface area contributed by atoms with Crippen molar-refractivity contribution < 1.29 is 9.53 Å². The Labute approximate surface area is 180 Å². The molecule has 1 heterocycles. The molecule has 6 aliphatic carbocycles. The number of methoxy groups -OCH3 is 1. The molecule has 6 aliphatic rings. The summed E-state index contributed by atoms with van der Waals surface area (Å²) in [6.45, 7) is 0. The molecule has 1 aromatic rings. The second kappa shape index (κ2) is 7.65. The van der Waals surface area contributed by atoms with Crippen LogP contribution in [0.25, 0.3) is 0 Å². The van der Waals surface area contributed by atoms with E-state index in [-0.39, 0.29) is 12.0 Å². The van der Waals surface area contributed by atoms with Crippen molar-refractivity contribution in [3.63, 3.8) is 0 Å². The van der Waals surface area contributed by atoms with Crippen LogP contribution in [0.15, 0.2) is 0 Å². The fourth-order valence-electron chi connectivity index (χ4n) is 8.07. The van der Waals surface area contributed by atoms with Crippen molar-refractivity contribution in [3.05, 3.63) is 17.0 Å². The van der Waals surface area contributed by atoms with Gasteiger partial charge in [-0.2, -0.15) is 5.10 Å². The normalized spacial score (nSPS) is 37.9. The summed E-state index contributed by atoms with van der Waals surface area (Å²) in [5.41, 5.74) is 3.11. The Morgan fingerprint density at radius 1 is 0.967 bits per heavy atom. The van der Waals surface area contributed by atoms with Gasteiger partial charge in [0.25, 0.3) is 5.91 Å². The number of ether oxygens (including phenoxy) is 1. The number of carbonyl (C=O) groups excluding carboxylic acids is 1. The molecule has 5 fully saturated rings. The number of nitrogens with zero attached hydrogens (tertiary/aromatic N) is 2. The van der Waals surface area contributed by atoms with E-state index in [1.807, 2.05) is 7.11 Å². The van der Waals surface area contributed by atoms with Crippen LogP contribution in [-0.2, 0) is 11.2 Å². The molecule has 0 radical (unpaired) electrons. The van der Waals surface area contributed by atoms with Crippen LogP contribution >= 0.6 is 0 Å². The molecule has 30 heavy (non-hydrogen) atoms. The molecular weight excluding hydrogens is 374 g/mol. The molecular formula is C25H37N3O2. The molecule has 4 bridgehead atoms. The number of amides is 1. The lowest BCUT2D eigenvalue weighted by molar-refractivity contribution is -0.0120. The van der Waals surface area contributed by atoms with Crippen molar-refractivity contribution >= 4 is 5.91 Å². The van der Waals surface area contributed by atoms with Crippen LogP contribution in [0, 0.1) is 23.7 Å². The van der Waals surface area contributed by atoms with Gasteiger partial charge in [0.05, 0.1) is 17.8 Å². The van der Waals surface area contributed by atoms with Crippen LogP contribution in [0.2, 0.25) is 0 Å². The first-order chi connectivity index (χ1) is 14.7. The highest BCUT2D eigenvalue weighted by atomic mass is 16.5. The van der Waals surface area contributed by atoms with Crippen molar-refractivity contribution in [2.45, 2.75) is 102 Å². The summed E-state index contributed by atoms with van der Waals surface area (Å²) in [6, 6.07) is 0.813. The summed E-state index contributed by atoms with van der Waals surface area (Å²) in [6.07, 6.45) is 16.2. The van der Waals surface area contributed by atoms with Gasteiger partial charge in [-0.1, -0.05) is 19.3 Å². The fourth-order valence-corrected chi connectivity index (χ4v) is 8.07. The van der Waals surface area contributed by atoms with Gasteiger partial charge < -0.3 is 10.1 Å². The van der Waals surface area contributed by atoms with Gasteiger partial charge in [-0.3, -0.25) is 9.48 Å². The molecule has 1 N–H and O–H groups in total. The van der Waals surface area contributed by atoms with Gasteiger partial charge in [-0.15, -0.1) is 0 Å². The van der Waals surface area contributed by atoms with Crippen molar-refractivity contribution in [2.75, 3.05) is 7.11 Å². The maximum Gasteiger partial charge on any atom is 0.272 e. The zero-order valence-corrected chi connectivity index (χ0v) is 18.4. The quantitative estimate of drug-likeness (QED) is 0.761. The van der Waals surface area contributed by atoms with E-state index in [1.54, 1.807) is 0 Å². The Bertz CT molecular complexity index is 782. The third kappa shape index (κ3) is 3.14. The van der Waals surface area contributed by atoms with Crippen molar-refractivity contribution in [2.24, 2.45) is 23.7 Å². The van der Waals surface area contributed by atoms with Crippen LogP contribution < -0.4 is 5.32 Å². The molecule has 0 aliphatic heterocycles. The first kappa shape index (κ1) is 19.3. The molecule has 1 aromatic heterocycles. The minimum atomic E-state index is 0.0888. The molecule has 0 aromatic carbocycles. The van der Waals surface area contributed by atoms with Gasteiger partial charge in [0, 0.05) is 18.7 Å². The van der Waals surface area contributed by atoms with E-state index < -0.39 is 0 Å². The average molecular weight is 412 g/mol. The summed E-state index contributed by atoms with van der Waals surface area (Å²) in [4.78, 5) is 13.6. The van der Waals surface area contributed by atoms with Crippen LogP contribution in [0.5, 0.6) is 0 Å². The second-order valence-corrected chi connectivity index (χ2v) is 11.0. The fraction of sp³-hybridized carbons (Fsp3) is 0.840. The molecule has 5 nitrogen and oxygen atoms in total. The van der Waals surface area contributed by atoms with Crippen molar-refractivity contribution in [1.82, 2.24) is 15.1 Å². The molecule has 1 atom stereocenters. The number of hydrogen-bond donors (Lipinski definition) is 1. The Hall–Kier alpha value is -1.36. The van der Waals surface area contributed by atoms with Crippen molar-refractivity contribution in [1.29, 1.82) is 0 Å². The predicted octanol–water partition coefficient (Wildman–Crippen LogP) is 4.97. The Kier molecular flexibility index (Phi) is 4.93. The van der Waals surface area contributed by atoms with Gasteiger partial charge in [0.1, 0.15) is 0 Å². The van der Waals surface area contributed by atoms with E-state index in [4.69, 9.17) is 9.84 Å². The molecule has 1 amide bonds. The zero-order chi connectivity index (χ0) is 20.2. The molecule has 7 rings (SSSR count). The average Bonchev–Trinajstić information content (AvgIpc) is 3.16. The van der Waals surface area contributed by atoms with E-state index in [0.717, 1.165) is 31.1 Å². The maximum atomic E-state index is 13.6. The largest absolute Gasteiger partial charge is 0.375 e. The maximum absolute atomic E-state index is 13.6. The number of carbonyl (C=O) groups is 1. The van der Waals surface area contributed by atoms with Gasteiger partial charge in [0.2, 0.25) is 0 Å². The first-order valence-electron chi connectivity index (χ1n) is 12.7. The summed E-state index contributed by atoms with van der Waals surface area (Å²) in [5, 5.41) is 8.54. The third-order valence-electron chi connectivity index (χ3n) is 9.19. The van der Waals surface area contributed by atoms with E-state index in [2.05, 4.69) is 10.00 Å². The lowest BCUT2D eigenvalue weighted by atomic mass is 9.54. The SMILES string of the molecule is COC1CCCc2c(C(=O)NC3C4CC5CC(C4)CC3C5)nn(C3CCCCC3)c21. The number of rotatable bonds is 4. The topological polar surface area (TPSA) is 56.1 Å². The second-order valence-electron chi connectivity index (χ2n) is 11.0. The van der Waals surface area contributed by atoms with Crippen LogP contribution in [0.1, 0.15) is 111 Å². The number of hydrogen-bond acceptors (Lipinski definition) is 3. The lowest BCUT2D eigenvalue weighted by Crippen LogP contribution is -2.56. The predicted molar refractivity (Wildman–Crippen MR) is 115 cm³/mol. The van der Waals surface area contributed by atoms with Gasteiger partial charge >= 0.3 is 0 Å². The highest BCUT2D eigenvalue weighted by molar-refractivity contribution is 5.94. The van der Waals surface area contributed by atoms with Gasteiger partial charge in [-0.25, -0.2) is 0 Å². The number of nitrogens with one attached hydrogen (secondary N) is 1. The van der Waals surface area contributed by atoms with E-state index in [9.17, 15) is 4.79 Å². The minimum absolute atomic E-state index is 0.0888. The minimum Gasteiger partial charge on any atom is -0.375 e. The number of aromatic nitrogens is 2. The Balaban J connectivity index is 1.29. The standard InChI is InChI=1S/C25H37N3O2/c1-30-21-9-5-8-20-23(27-28(24(20)21)19-6-3-2-4-7-19)25(29)26-22-17-11-15-10-16(13-17)14-18(22)12-15/h15-19,21-22H,2-14H2,1H3,(H,26,29). The highest BCUT2D eigenvalue weighted by Gasteiger charge is 2.49. The van der Waals surface area contributed by atoms with E-state index >= 15 is 0 Å². The summed E-state index contributed by atoms with van der Waals surface area (Å²) >= 11 is 0. The lowest BCUT2D eigenvalue weighted by Gasteiger charge is -2.54. The van der Waals surface area contributed by atoms with Crippen LogP contribution in [0.3, 0.4) is 0 Å². The third-order valence-corrected chi connectivity index (χ3v) is 9.19. The summed E-state index contributed by atoms with van der Waals surface area (Å²) < 4.78 is 8.11. The number of fused-ring (bicyclic) bond motifs is 1. The highest BCUT2D eigenvalue weighted by Crippen LogP contribution is 2.53. The van der Waals surface area contributed by atoms with Crippen molar-refractivity contribution in [3.8, 4) is 0 Å². The monoisotopic (exact) mass is 411 g/mol. The van der Waals surface area contributed by atoms with Crippen LogP contribution in [-0.4, -0.2) is 28.8 Å².